The summed E-state index contributed by atoms with van der Waals surface area (Å²) in [6.45, 7) is -4.12. The van der Waals surface area contributed by atoms with Gasteiger partial charge in [-0.15, -0.1) is 0 Å². The number of thiol groups is 1. The Hall–Kier alpha value is -2.55. The molecule has 2 aliphatic heterocycles. The SMILES string of the molecule is Nc1nc2c(ncn2C2CCC(COP(S)OC3CC(n4cnc5c(=O)[nH]c(N)nc54)OC3COP(O)(O)=S)O2)c(=O)[nH]1. The van der Waals surface area contributed by atoms with E-state index in [0.717, 1.165) is 0 Å². The molecule has 0 aliphatic carbocycles. The molecule has 4 aromatic heterocycles. The quantitative estimate of drug-likeness (QED) is 0.0871. The highest BCUT2D eigenvalue weighted by Gasteiger charge is 2.40. The van der Waals surface area contributed by atoms with Crippen LogP contribution in [0.1, 0.15) is 31.7 Å². The summed E-state index contributed by atoms with van der Waals surface area (Å²) in [6.07, 6.45) is 1.40. The van der Waals surface area contributed by atoms with Crippen molar-refractivity contribution >= 4 is 72.6 Å². The van der Waals surface area contributed by atoms with E-state index in [1.807, 2.05) is 0 Å². The zero-order valence-electron chi connectivity index (χ0n) is 21.9. The lowest BCUT2D eigenvalue weighted by Crippen LogP contribution is -2.27. The molecular formula is C20H26N10O9P2S2. The highest BCUT2D eigenvalue weighted by molar-refractivity contribution is 8.41. The minimum Gasteiger partial charge on any atom is -0.369 e. The fourth-order valence-corrected chi connectivity index (χ4v) is 6.81. The van der Waals surface area contributed by atoms with Crippen LogP contribution in [0.2, 0.25) is 0 Å². The van der Waals surface area contributed by atoms with Gasteiger partial charge in [-0.2, -0.15) is 9.97 Å². The van der Waals surface area contributed by atoms with E-state index >= 15 is 0 Å². The highest BCUT2D eigenvalue weighted by Crippen LogP contribution is 2.49. The number of hydrogen-bond donors (Lipinski definition) is 7. The monoisotopic (exact) mass is 676 g/mol. The Morgan fingerprint density at radius 2 is 1.63 bits per heavy atom. The van der Waals surface area contributed by atoms with E-state index in [4.69, 9.17) is 34.5 Å². The first kappa shape index (κ1) is 30.5. The van der Waals surface area contributed by atoms with Crippen LogP contribution in [-0.4, -0.2) is 80.4 Å². The maximum atomic E-state index is 12.2. The fourth-order valence-electron chi connectivity index (χ4n) is 4.92. The first-order valence-electron chi connectivity index (χ1n) is 12.7. The molecule has 0 radical (unpaired) electrons. The number of nitrogens with two attached hydrogens (primary N) is 2. The number of aromatic amines is 2. The molecule has 6 rings (SSSR count). The third kappa shape index (κ3) is 6.62. The molecule has 232 valence electrons. The summed E-state index contributed by atoms with van der Waals surface area (Å²) in [5, 5.41) is 0. The van der Waals surface area contributed by atoms with E-state index in [0.29, 0.717) is 18.5 Å². The highest BCUT2D eigenvalue weighted by atomic mass is 32.7. The van der Waals surface area contributed by atoms with Crippen LogP contribution in [0.4, 0.5) is 11.9 Å². The third-order valence-corrected chi connectivity index (χ3v) is 9.04. The molecule has 6 atom stereocenters. The van der Waals surface area contributed by atoms with Crippen LogP contribution in [0.15, 0.2) is 22.2 Å². The van der Waals surface area contributed by atoms with Gasteiger partial charge in [0.05, 0.1) is 38.1 Å². The summed E-state index contributed by atoms with van der Waals surface area (Å²) in [5.41, 5.74) is 11.2. The van der Waals surface area contributed by atoms with Crippen molar-refractivity contribution in [2.24, 2.45) is 0 Å². The summed E-state index contributed by atoms with van der Waals surface area (Å²) < 4.78 is 32.3. The van der Waals surface area contributed by atoms with Crippen LogP contribution in [-0.2, 0) is 34.9 Å². The Morgan fingerprint density at radius 1 is 1.02 bits per heavy atom. The van der Waals surface area contributed by atoms with Gasteiger partial charge in [-0.25, -0.2) is 9.97 Å². The smallest absolute Gasteiger partial charge is 0.321 e. The van der Waals surface area contributed by atoms with Crippen LogP contribution in [0.5, 0.6) is 0 Å². The van der Waals surface area contributed by atoms with Gasteiger partial charge in [0, 0.05) is 6.42 Å². The number of rotatable bonds is 10. The van der Waals surface area contributed by atoms with Crippen molar-refractivity contribution in [1.82, 2.24) is 39.0 Å². The topological polar surface area (TPSA) is 266 Å². The van der Waals surface area contributed by atoms with E-state index in [1.54, 1.807) is 4.57 Å². The molecule has 0 spiro atoms. The number of H-pyrrole nitrogens is 2. The molecule has 2 aliphatic rings. The second kappa shape index (κ2) is 12.1. The molecule has 23 heteroatoms. The van der Waals surface area contributed by atoms with Crippen molar-refractivity contribution in [2.75, 3.05) is 24.7 Å². The van der Waals surface area contributed by atoms with Gasteiger partial charge in [-0.1, -0.05) is 12.2 Å². The molecular weight excluding hydrogens is 650 g/mol. The van der Waals surface area contributed by atoms with Crippen molar-refractivity contribution in [3.63, 3.8) is 0 Å². The second-order valence-corrected chi connectivity index (χ2v) is 14.3. The molecule has 19 nitrogen and oxygen atoms in total. The molecule has 43 heavy (non-hydrogen) atoms. The Kier molecular flexibility index (Phi) is 8.57. The Morgan fingerprint density at radius 3 is 2.23 bits per heavy atom. The first-order valence-corrected chi connectivity index (χ1v) is 17.6. The van der Waals surface area contributed by atoms with Gasteiger partial charge in [0.25, 0.3) is 11.1 Å². The predicted octanol–water partition coefficient (Wildman–Crippen LogP) is 0.166. The first-order chi connectivity index (χ1) is 20.4. The third-order valence-electron chi connectivity index (χ3n) is 6.79. The van der Waals surface area contributed by atoms with Gasteiger partial charge in [0.2, 0.25) is 19.5 Å². The van der Waals surface area contributed by atoms with Gasteiger partial charge in [-0.3, -0.25) is 28.7 Å². The largest absolute Gasteiger partial charge is 0.369 e. The maximum absolute atomic E-state index is 12.2. The van der Waals surface area contributed by atoms with Gasteiger partial charge in [-0.05, 0) is 24.6 Å². The zero-order valence-corrected chi connectivity index (χ0v) is 25.4. The molecule has 6 unspecified atom stereocenters. The maximum Gasteiger partial charge on any atom is 0.321 e. The van der Waals surface area contributed by atoms with Crippen molar-refractivity contribution in [1.29, 1.82) is 0 Å². The molecule has 4 aromatic rings. The van der Waals surface area contributed by atoms with E-state index in [2.05, 4.69) is 54.0 Å². The average Bonchev–Trinajstić information content (AvgIpc) is 3.71. The van der Waals surface area contributed by atoms with E-state index < -0.39 is 50.1 Å². The predicted molar refractivity (Wildman–Crippen MR) is 158 cm³/mol. The summed E-state index contributed by atoms with van der Waals surface area (Å²) in [4.78, 5) is 64.8. The molecule has 0 amide bonds. The lowest BCUT2D eigenvalue weighted by molar-refractivity contribution is -0.0378. The fraction of sp³-hybridized carbons (Fsp3) is 0.500. The van der Waals surface area contributed by atoms with Gasteiger partial charge < -0.3 is 44.3 Å². The number of nitrogens with one attached hydrogen (secondary N) is 2. The lowest BCUT2D eigenvalue weighted by atomic mass is 10.2. The molecule has 8 N–H and O–H groups in total. The summed E-state index contributed by atoms with van der Waals surface area (Å²) in [5.74, 6) is -0.115. The van der Waals surface area contributed by atoms with Crippen molar-refractivity contribution in [2.45, 2.75) is 50.0 Å². The van der Waals surface area contributed by atoms with Crippen LogP contribution >= 0.6 is 26.5 Å². The minimum atomic E-state index is -3.98. The van der Waals surface area contributed by atoms with E-state index in [1.165, 1.54) is 17.2 Å². The number of fused-ring (bicyclic) bond motifs is 2. The van der Waals surface area contributed by atoms with Crippen LogP contribution < -0.4 is 22.6 Å². The van der Waals surface area contributed by atoms with Crippen LogP contribution in [0.3, 0.4) is 0 Å². The number of ether oxygens (including phenoxy) is 2. The molecule has 2 fully saturated rings. The summed E-state index contributed by atoms with van der Waals surface area (Å²) in [7, 11) is -1.76. The molecule has 0 aromatic carbocycles. The van der Waals surface area contributed by atoms with Crippen LogP contribution in [0.25, 0.3) is 22.3 Å². The zero-order chi connectivity index (χ0) is 30.5. The lowest BCUT2D eigenvalue weighted by Gasteiger charge is -2.23. The molecule has 0 bridgehead atoms. The number of anilines is 2. The standard InChI is InChI=1S/C20H26N10O9P2S2/c21-19-25-15-13(17(31)27-19)23-6-29(15)11-2-1-8(37-11)4-35-40(42)39-9-3-12(38-10(9)5-36-41(33,34)43)30-7-24-14-16(30)26-20(22)28-18(14)32/h6-12,42H,1-5H2,(H2,33,34,43)(H3,21,25,27,31)(H3,22,26,28,32). The van der Waals surface area contributed by atoms with Gasteiger partial charge in [0.1, 0.15) is 18.6 Å². The molecule has 2 saturated heterocycles. The molecule has 0 saturated carbocycles. The number of aromatic nitrogens is 8. The van der Waals surface area contributed by atoms with E-state index in [9.17, 15) is 19.4 Å². The second-order valence-electron chi connectivity index (χ2n) is 9.67. The number of nitrogen functional groups attached to an aromatic ring is 2. The number of nitrogens with zero attached hydrogens (tertiary/aromatic N) is 6. The van der Waals surface area contributed by atoms with Gasteiger partial charge >= 0.3 is 6.72 Å². The molecule has 6 heterocycles. The van der Waals surface area contributed by atoms with E-state index in [-0.39, 0.29) is 54.3 Å². The minimum absolute atomic E-state index is 0.0228. The summed E-state index contributed by atoms with van der Waals surface area (Å²) in [6, 6.07) is 0. The van der Waals surface area contributed by atoms with Crippen molar-refractivity contribution in [3.05, 3.63) is 33.4 Å². The number of imidazole rings is 2. The van der Waals surface area contributed by atoms with Gasteiger partial charge in [0.15, 0.2) is 22.3 Å². The number of hydrogen-bond acceptors (Lipinski definition) is 15. The van der Waals surface area contributed by atoms with Crippen molar-refractivity contribution < 1.29 is 32.8 Å². The Balaban J connectivity index is 1.09. The normalized spacial score (nSPS) is 25.2. The Labute approximate surface area is 252 Å². The average molecular weight is 677 g/mol. The van der Waals surface area contributed by atoms with Crippen molar-refractivity contribution in [3.8, 4) is 0 Å². The Bertz CT molecular complexity index is 1810. The van der Waals surface area contributed by atoms with Crippen LogP contribution in [0, 0.1) is 0 Å². The summed E-state index contributed by atoms with van der Waals surface area (Å²) >= 11 is 9.04.